The number of nitrogens with one attached hydrogen (secondary N) is 2. The number of aromatic amines is 1. The second kappa shape index (κ2) is 7.51. The molecule has 0 aliphatic rings. The number of aryl methyl sites for hydroxylation is 1. The number of carbonyl (C=O) groups excluding carboxylic acids is 1. The number of carboxylic acids is 1. The predicted octanol–water partition coefficient (Wildman–Crippen LogP) is 1.80. The number of rotatable bonds is 5. The van der Waals surface area contributed by atoms with Crippen molar-refractivity contribution >= 4 is 11.9 Å². The van der Waals surface area contributed by atoms with Crippen molar-refractivity contribution in [1.82, 2.24) is 15.3 Å². The van der Waals surface area contributed by atoms with E-state index in [2.05, 4.69) is 15.3 Å². The van der Waals surface area contributed by atoms with Crippen LogP contribution in [0.25, 0.3) is 0 Å². The van der Waals surface area contributed by atoms with E-state index in [0.717, 1.165) is 5.56 Å². The first-order chi connectivity index (χ1) is 12.1. The molecule has 0 saturated heterocycles. The van der Waals surface area contributed by atoms with Crippen LogP contribution in [0, 0.1) is 6.92 Å². The SMILES string of the molecule is Cc1nc(C(C)(C)C)[nH]c(=O)c1C(=O)NC(Cc1ccccc1)C(=O)O. The highest BCUT2D eigenvalue weighted by Crippen LogP contribution is 2.17. The Balaban J connectivity index is 2.27. The Kier molecular flexibility index (Phi) is 5.59. The van der Waals surface area contributed by atoms with E-state index in [1.54, 1.807) is 31.2 Å². The number of carbonyl (C=O) groups is 2. The molecule has 1 aromatic carbocycles. The van der Waals surface area contributed by atoms with Gasteiger partial charge in [-0.15, -0.1) is 0 Å². The summed E-state index contributed by atoms with van der Waals surface area (Å²) in [6.07, 6.45) is 0.117. The van der Waals surface area contributed by atoms with Crippen LogP contribution in [0.3, 0.4) is 0 Å². The second-order valence-electron chi connectivity index (χ2n) is 7.18. The van der Waals surface area contributed by atoms with Crippen LogP contribution in [0.4, 0.5) is 0 Å². The van der Waals surface area contributed by atoms with Crippen molar-refractivity contribution in [3.05, 3.63) is 63.3 Å². The van der Waals surface area contributed by atoms with Gasteiger partial charge in [0.15, 0.2) is 0 Å². The lowest BCUT2D eigenvalue weighted by atomic mass is 9.95. The topological polar surface area (TPSA) is 112 Å². The molecule has 1 heterocycles. The van der Waals surface area contributed by atoms with Gasteiger partial charge in [-0.25, -0.2) is 9.78 Å². The summed E-state index contributed by atoms with van der Waals surface area (Å²) < 4.78 is 0. The summed E-state index contributed by atoms with van der Waals surface area (Å²) in [5.41, 5.74) is -0.0938. The van der Waals surface area contributed by atoms with Crippen LogP contribution in [0.5, 0.6) is 0 Å². The monoisotopic (exact) mass is 357 g/mol. The number of amides is 1. The molecule has 3 N–H and O–H groups in total. The van der Waals surface area contributed by atoms with Crippen LogP contribution >= 0.6 is 0 Å². The van der Waals surface area contributed by atoms with Crippen molar-refractivity contribution in [2.45, 2.75) is 45.6 Å². The summed E-state index contributed by atoms with van der Waals surface area (Å²) in [5, 5.41) is 11.8. The number of hydrogen-bond acceptors (Lipinski definition) is 4. The van der Waals surface area contributed by atoms with Gasteiger partial charge in [0.2, 0.25) is 0 Å². The number of aliphatic carboxylic acids is 1. The molecule has 2 aromatic rings. The van der Waals surface area contributed by atoms with Gasteiger partial charge in [0, 0.05) is 11.8 Å². The van der Waals surface area contributed by atoms with Gasteiger partial charge in [0.25, 0.3) is 11.5 Å². The molecular formula is C19H23N3O4. The molecule has 7 nitrogen and oxygen atoms in total. The molecule has 0 aliphatic carbocycles. The Morgan fingerprint density at radius 3 is 2.35 bits per heavy atom. The maximum absolute atomic E-state index is 12.5. The quantitative estimate of drug-likeness (QED) is 0.755. The van der Waals surface area contributed by atoms with Crippen molar-refractivity contribution in [2.75, 3.05) is 0 Å². The first-order valence-corrected chi connectivity index (χ1v) is 8.28. The maximum atomic E-state index is 12.5. The van der Waals surface area contributed by atoms with Crippen LogP contribution in [0.1, 0.15) is 48.2 Å². The number of carboxylic acid groups (broad SMARTS) is 1. The summed E-state index contributed by atoms with van der Waals surface area (Å²) in [7, 11) is 0. The Morgan fingerprint density at radius 1 is 1.23 bits per heavy atom. The minimum Gasteiger partial charge on any atom is -0.480 e. The van der Waals surface area contributed by atoms with Crippen molar-refractivity contribution in [2.24, 2.45) is 0 Å². The molecule has 1 atom stereocenters. The predicted molar refractivity (Wildman–Crippen MR) is 97.3 cm³/mol. The molecule has 0 spiro atoms. The highest BCUT2D eigenvalue weighted by atomic mass is 16.4. The minimum atomic E-state index is -1.17. The zero-order chi connectivity index (χ0) is 19.5. The van der Waals surface area contributed by atoms with Crippen molar-refractivity contribution in [3.63, 3.8) is 0 Å². The zero-order valence-corrected chi connectivity index (χ0v) is 15.3. The largest absolute Gasteiger partial charge is 0.480 e. The van der Waals surface area contributed by atoms with E-state index in [1.165, 1.54) is 0 Å². The van der Waals surface area contributed by atoms with Crippen LogP contribution in [0.2, 0.25) is 0 Å². The lowest BCUT2D eigenvalue weighted by Crippen LogP contribution is -2.44. The highest BCUT2D eigenvalue weighted by Gasteiger charge is 2.26. The van der Waals surface area contributed by atoms with E-state index in [1.807, 2.05) is 26.8 Å². The van der Waals surface area contributed by atoms with Gasteiger partial charge in [0.05, 0.1) is 5.69 Å². The molecule has 0 saturated carbocycles. The fraction of sp³-hybridized carbons (Fsp3) is 0.368. The summed E-state index contributed by atoms with van der Waals surface area (Å²) in [5.74, 6) is -1.45. The van der Waals surface area contributed by atoms with E-state index >= 15 is 0 Å². The normalized spacial score (nSPS) is 12.5. The summed E-state index contributed by atoms with van der Waals surface area (Å²) in [4.78, 5) is 43.3. The molecular weight excluding hydrogens is 334 g/mol. The number of benzene rings is 1. The molecule has 138 valence electrons. The number of aromatic nitrogens is 2. The van der Waals surface area contributed by atoms with Crippen LogP contribution in [-0.2, 0) is 16.6 Å². The Hall–Kier alpha value is -2.96. The molecule has 26 heavy (non-hydrogen) atoms. The van der Waals surface area contributed by atoms with Gasteiger partial charge < -0.3 is 15.4 Å². The third kappa shape index (κ3) is 4.56. The van der Waals surface area contributed by atoms with Gasteiger partial charge >= 0.3 is 5.97 Å². The Bertz CT molecular complexity index is 867. The molecule has 1 unspecified atom stereocenters. The molecule has 2 rings (SSSR count). The fourth-order valence-electron chi connectivity index (χ4n) is 2.49. The van der Waals surface area contributed by atoms with Crippen molar-refractivity contribution in [3.8, 4) is 0 Å². The van der Waals surface area contributed by atoms with E-state index in [-0.39, 0.29) is 23.1 Å². The van der Waals surface area contributed by atoms with Gasteiger partial charge in [-0.3, -0.25) is 9.59 Å². The van der Waals surface area contributed by atoms with Gasteiger partial charge in [0.1, 0.15) is 17.4 Å². The summed E-state index contributed by atoms with van der Waals surface area (Å²) >= 11 is 0. The minimum absolute atomic E-state index is 0.117. The van der Waals surface area contributed by atoms with Gasteiger partial charge in [-0.05, 0) is 12.5 Å². The lowest BCUT2D eigenvalue weighted by Gasteiger charge is -2.19. The zero-order valence-electron chi connectivity index (χ0n) is 15.3. The third-order valence-corrected chi connectivity index (χ3v) is 3.92. The average molecular weight is 357 g/mol. The molecule has 1 amide bonds. The second-order valence-corrected chi connectivity index (χ2v) is 7.18. The average Bonchev–Trinajstić information content (AvgIpc) is 2.53. The van der Waals surface area contributed by atoms with E-state index in [4.69, 9.17) is 0 Å². The summed E-state index contributed by atoms with van der Waals surface area (Å²) in [6.45, 7) is 7.24. The smallest absolute Gasteiger partial charge is 0.326 e. The third-order valence-electron chi connectivity index (χ3n) is 3.92. The fourth-order valence-corrected chi connectivity index (χ4v) is 2.49. The molecule has 0 radical (unpaired) electrons. The highest BCUT2D eigenvalue weighted by molar-refractivity contribution is 5.97. The van der Waals surface area contributed by atoms with Crippen LogP contribution in [0.15, 0.2) is 35.1 Å². The maximum Gasteiger partial charge on any atom is 0.326 e. The van der Waals surface area contributed by atoms with E-state index in [0.29, 0.717) is 5.82 Å². The number of H-pyrrole nitrogens is 1. The van der Waals surface area contributed by atoms with Gasteiger partial charge in [-0.2, -0.15) is 0 Å². The number of hydrogen-bond donors (Lipinski definition) is 3. The molecule has 0 bridgehead atoms. The van der Waals surface area contributed by atoms with Gasteiger partial charge in [-0.1, -0.05) is 51.1 Å². The molecule has 0 aliphatic heterocycles. The van der Waals surface area contributed by atoms with Crippen molar-refractivity contribution < 1.29 is 14.7 Å². The molecule has 7 heteroatoms. The van der Waals surface area contributed by atoms with E-state index in [9.17, 15) is 19.5 Å². The van der Waals surface area contributed by atoms with E-state index < -0.39 is 23.5 Å². The number of nitrogens with zero attached hydrogens (tertiary/aromatic N) is 1. The standard InChI is InChI=1S/C19H23N3O4/c1-11-14(16(24)22-18(20-11)19(2,3)4)15(23)21-13(17(25)26)10-12-8-6-5-7-9-12/h5-9,13H,10H2,1-4H3,(H,21,23)(H,25,26)(H,20,22,24). The molecule has 0 fully saturated rings. The summed E-state index contributed by atoms with van der Waals surface area (Å²) in [6, 6.07) is 7.81. The Labute approximate surface area is 151 Å². The first kappa shape index (κ1) is 19.4. The van der Waals surface area contributed by atoms with Crippen molar-refractivity contribution in [1.29, 1.82) is 0 Å². The van der Waals surface area contributed by atoms with Crippen LogP contribution in [-0.4, -0.2) is 33.0 Å². The van der Waals surface area contributed by atoms with Crippen LogP contribution < -0.4 is 10.9 Å². The first-order valence-electron chi connectivity index (χ1n) is 8.28. The molecule has 1 aromatic heterocycles. The lowest BCUT2D eigenvalue weighted by molar-refractivity contribution is -0.139. The Morgan fingerprint density at radius 2 is 1.85 bits per heavy atom.